The Morgan fingerprint density at radius 2 is 1.35 bits per heavy atom. The van der Waals surface area contributed by atoms with Crippen molar-refractivity contribution < 1.29 is 0 Å². The second-order valence-electron chi connectivity index (χ2n) is 5.20. The molecule has 0 unspecified atom stereocenters. The molecule has 0 atom stereocenters. The summed E-state index contributed by atoms with van der Waals surface area (Å²) in [5.74, 6) is 0. The lowest BCUT2D eigenvalue weighted by molar-refractivity contribution is 1.43. The van der Waals surface area contributed by atoms with Gasteiger partial charge in [0.25, 0.3) is 0 Å². The summed E-state index contributed by atoms with van der Waals surface area (Å²) in [4.78, 5) is 0. The van der Waals surface area contributed by atoms with Crippen LogP contribution in [0.2, 0.25) is 0 Å². The van der Waals surface area contributed by atoms with Crippen LogP contribution < -0.4 is 0 Å². The molecule has 0 saturated heterocycles. The fraction of sp³-hybridized carbons (Fsp3) is 0.0909. The van der Waals surface area contributed by atoms with Crippen molar-refractivity contribution in [2.24, 2.45) is 0 Å². The van der Waals surface area contributed by atoms with Crippen LogP contribution in [-0.4, -0.2) is 0 Å². The van der Waals surface area contributed by atoms with Crippen molar-refractivity contribution in [3.8, 4) is 0 Å². The van der Waals surface area contributed by atoms with Crippen LogP contribution in [0.3, 0.4) is 0 Å². The maximum atomic E-state index is 3.79. The third-order valence-corrected chi connectivity index (χ3v) is 4.22. The molecule has 0 amide bonds. The Morgan fingerprint density at radius 3 is 1.78 bits per heavy atom. The van der Waals surface area contributed by atoms with Crippen molar-refractivity contribution in [3.63, 3.8) is 0 Å². The molecular weight excluding hydrogens is 344 g/mol. The molecule has 0 nitrogen and oxygen atoms in total. The van der Waals surface area contributed by atoms with Crippen molar-refractivity contribution in [2.75, 3.05) is 0 Å². The van der Waals surface area contributed by atoms with Crippen LogP contribution in [-0.2, 0) is 5.33 Å². The highest BCUT2D eigenvalue weighted by Gasteiger charge is 1.92. The van der Waals surface area contributed by atoms with E-state index in [2.05, 4.69) is 95.3 Å². The lowest BCUT2D eigenvalue weighted by Crippen LogP contribution is -1.78. The van der Waals surface area contributed by atoms with Crippen molar-refractivity contribution in [1.82, 2.24) is 0 Å². The molecule has 0 heterocycles. The molecule has 2 rings (SSSR count). The predicted molar refractivity (Wildman–Crippen MR) is 107 cm³/mol. The van der Waals surface area contributed by atoms with Gasteiger partial charge in [-0.3, -0.25) is 0 Å². The first kappa shape index (κ1) is 17.2. The summed E-state index contributed by atoms with van der Waals surface area (Å²) in [6, 6.07) is 17.1. The molecule has 0 aliphatic heterocycles. The Labute approximate surface area is 147 Å². The summed E-state index contributed by atoms with van der Waals surface area (Å²) in [7, 11) is 0. The number of alkyl halides is 1. The normalized spacial score (nSPS) is 12.2. The smallest absolute Gasteiger partial charge is 0.0283 e. The van der Waals surface area contributed by atoms with Crippen LogP contribution in [0.1, 0.15) is 29.2 Å². The van der Waals surface area contributed by atoms with E-state index in [1.165, 1.54) is 22.3 Å². The molecule has 116 valence electrons. The molecule has 2 aromatic carbocycles. The Hall–Kier alpha value is -2.12. The summed E-state index contributed by atoms with van der Waals surface area (Å²) in [6.45, 7) is 5.80. The SMILES string of the molecule is C=CC(/C=C/c1ccc(/C=C/c2ccc(CBr)cc2)cc1)=C\C. The van der Waals surface area contributed by atoms with Gasteiger partial charge < -0.3 is 0 Å². The number of halogens is 1. The van der Waals surface area contributed by atoms with Gasteiger partial charge in [-0.2, -0.15) is 0 Å². The van der Waals surface area contributed by atoms with E-state index in [0.717, 1.165) is 10.9 Å². The highest BCUT2D eigenvalue weighted by Crippen LogP contribution is 2.13. The summed E-state index contributed by atoms with van der Waals surface area (Å²) < 4.78 is 0. The monoisotopic (exact) mass is 364 g/mol. The van der Waals surface area contributed by atoms with Crippen LogP contribution in [0.5, 0.6) is 0 Å². The molecule has 1 heteroatoms. The molecule has 0 fully saturated rings. The van der Waals surface area contributed by atoms with Gasteiger partial charge >= 0.3 is 0 Å². The zero-order chi connectivity index (χ0) is 16.5. The van der Waals surface area contributed by atoms with E-state index in [4.69, 9.17) is 0 Å². The van der Waals surface area contributed by atoms with Gasteiger partial charge in [0, 0.05) is 5.33 Å². The molecule has 2 aromatic rings. The van der Waals surface area contributed by atoms with E-state index in [0.29, 0.717) is 0 Å². The van der Waals surface area contributed by atoms with E-state index >= 15 is 0 Å². The number of hydrogen-bond donors (Lipinski definition) is 0. The summed E-state index contributed by atoms with van der Waals surface area (Å²) in [5, 5.41) is 0.896. The second kappa shape index (κ2) is 9.12. The van der Waals surface area contributed by atoms with Gasteiger partial charge in [-0.15, -0.1) is 0 Å². The minimum absolute atomic E-state index is 0.896. The molecule has 0 bridgehead atoms. The number of benzene rings is 2. The van der Waals surface area contributed by atoms with Crippen LogP contribution in [0.25, 0.3) is 18.2 Å². The van der Waals surface area contributed by atoms with Gasteiger partial charge in [-0.05, 0) is 34.8 Å². The molecule has 0 radical (unpaired) electrons. The third-order valence-electron chi connectivity index (χ3n) is 3.58. The number of allylic oxidation sites excluding steroid dienone is 4. The molecule has 0 spiro atoms. The van der Waals surface area contributed by atoms with Gasteiger partial charge in [0.2, 0.25) is 0 Å². The Bertz CT molecular complexity index is 714. The van der Waals surface area contributed by atoms with Crippen molar-refractivity contribution in [3.05, 3.63) is 101 Å². The average molecular weight is 365 g/mol. The zero-order valence-electron chi connectivity index (χ0n) is 13.4. The van der Waals surface area contributed by atoms with Gasteiger partial charge in [0.1, 0.15) is 0 Å². The van der Waals surface area contributed by atoms with E-state index < -0.39 is 0 Å². The largest absolute Gasteiger partial charge is 0.0985 e. The van der Waals surface area contributed by atoms with Gasteiger partial charge in [-0.25, -0.2) is 0 Å². The van der Waals surface area contributed by atoms with Crippen LogP contribution >= 0.6 is 15.9 Å². The maximum absolute atomic E-state index is 3.79. The Balaban J connectivity index is 2.04. The summed E-state index contributed by atoms with van der Waals surface area (Å²) in [6.07, 6.45) is 12.3. The van der Waals surface area contributed by atoms with Crippen molar-refractivity contribution >= 4 is 34.2 Å². The Morgan fingerprint density at radius 1 is 0.870 bits per heavy atom. The molecule has 0 saturated carbocycles. The van der Waals surface area contributed by atoms with E-state index in [9.17, 15) is 0 Å². The van der Waals surface area contributed by atoms with Crippen molar-refractivity contribution in [1.29, 1.82) is 0 Å². The van der Waals surface area contributed by atoms with Gasteiger partial charge in [0.05, 0.1) is 0 Å². The van der Waals surface area contributed by atoms with Gasteiger partial charge in [0.15, 0.2) is 0 Å². The summed E-state index contributed by atoms with van der Waals surface area (Å²) in [5.41, 5.74) is 6.01. The molecule has 0 N–H and O–H groups in total. The summed E-state index contributed by atoms with van der Waals surface area (Å²) >= 11 is 3.46. The molecule has 0 aromatic heterocycles. The molecule has 0 aliphatic carbocycles. The number of hydrogen-bond acceptors (Lipinski definition) is 0. The Kier molecular flexibility index (Phi) is 6.83. The quantitative estimate of drug-likeness (QED) is 0.297. The molecular formula is C22H21Br. The van der Waals surface area contributed by atoms with Crippen LogP contribution in [0.4, 0.5) is 0 Å². The van der Waals surface area contributed by atoms with Crippen LogP contribution in [0.15, 0.2) is 78.9 Å². The van der Waals surface area contributed by atoms with E-state index in [1.54, 1.807) is 0 Å². The standard InChI is InChI=1S/C22H21Br/c1-3-18(4-2)5-6-19-7-9-20(10-8-19)11-12-21-13-15-22(17-23)16-14-21/h3-16H,1,17H2,2H3/b6-5+,12-11+,18-4+. The maximum Gasteiger partial charge on any atom is 0.0283 e. The average Bonchev–Trinajstić information content (AvgIpc) is 2.62. The predicted octanol–water partition coefficient (Wildman–Crippen LogP) is 6.90. The lowest BCUT2D eigenvalue weighted by Gasteiger charge is -1.98. The topological polar surface area (TPSA) is 0 Å². The van der Waals surface area contributed by atoms with E-state index in [1.807, 2.05) is 19.1 Å². The van der Waals surface area contributed by atoms with Gasteiger partial charge in [-0.1, -0.05) is 107 Å². The number of rotatable bonds is 6. The second-order valence-corrected chi connectivity index (χ2v) is 5.76. The first-order valence-electron chi connectivity index (χ1n) is 7.65. The zero-order valence-corrected chi connectivity index (χ0v) is 15.0. The van der Waals surface area contributed by atoms with Crippen molar-refractivity contribution in [2.45, 2.75) is 12.3 Å². The van der Waals surface area contributed by atoms with E-state index in [-0.39, 0.29) is 0 Å². The molecule has 0 aliphatic rings. The fourth-order valence-corrected chi connectivity index (χ4v) is 2.48. The lowest BCUT2D eigenvalue weighted by atomic mass is 10.1. The molecule has 23 heavy (non-hydrogen) atoms. The highest BCUT2D eigenvalue weighted by atomic mass is 79.9. The minimum Gasteiger partial charge on any atom is -0.0985 e. The highest BCUT2D eigenvalue weighted by molar-refractivity contribution is 9.08. The minimum atomic E-state index is 0.896. The first-order valence-corrected chi connectivity index (χ1v) is 8.77. The third kappa shape index (κ3) is 5.54. The fourth-order valence-electron chi connectivity index (χ4n) is 2.10. The van der Waals surface area contributed by atoms with Crippen LogP contribution in [0, 0.1) is 0 Å². The first-order chi connectivity index (χ1) is 11.2.